The molecule has 0 bridgehead atoms. The number of halogens is 1. The van der Waals surface area contributed by atoms with Gasteiger partial charge in [0.15, 0.2) is 0 Å². The van der Waals surface area contributed by atoms with E-state index in [1.165, 1.54) is 9.32 Å². The third-order valence-corrected chi connectivity index (χ3v) is 3.84. The lowest BCUT2D eigenvalue weighted by molar-refractivity contribution is 0.344. The highest BCUT2D eigenvalue weighted by molar-refractivity contribution is 14.1. The van der Waals surface area contributed by atoms with E-state index in [1.807, 2.05) is 23.9 Å². The van der Waals surface area contributed by atoms with Crippen LogP contribution in [0.1, 0.15) is 13.8 Å². The van der Waals surface area contributed by atoms with Crippen molar-refractivity contribution in [2.24, 2.45) is 5.92 Å². The van der Waals surface area contributed by atoms with E-state index in [2.05, 4.69) is 48.6 Å². The average molecular weight is 336 g/mol. The van der Waals surface area contributed by atoms with Crippen LogP contribution in [0.2, 0.25) is 0 Å². The molecule has 0 aliphatic rings. The van der Waals surface area contributed by atoms with Crippen molar-refractivity contribution in [2.45, 2.75) is 13.8 Å². The first-order chi connectivity index (χ1) is 7.18. The molecule has 1 rings (SSSR count). The van der Waals surface area contributed by atoms with Gasteiger partial charge >= 0.3 is 0 Å². The zero-order valence-electron chi connectivity index (χ0n) is 9.20. The molecule has 0 aliphatic carbocycles. The number of benzene rings is 1. The summed E-state index contributed by atoms with van der Waals surface area (Å²) in [6.07, 6.45) is 0. The first-order valence-corrected chi connectivity index (χ1v) is 7.38. The molecule has 0 saturated carbocycles. The molecule has 84 valence electrons. The summed E-state index contributed by atoms with van der Waals surface area (Å²) in [6, 6.07) is 8.18. The van der Waals surface area contributed by atoms with Crippen molar-refractivity contribution < 1.29 is 4.74 Å². The molecule has 15 heavy (non-hydrogen) atoms. The normalized spacial score (nSPS) is 10.7. The monoisotopic (exact) mass is 336 g/mol. The van der Waals surface area contributed by atoms with Gasteiger partial charge in [0.25, 0.3) is 0 Å². The van der Waals surface area contributed by atoms with Gasteiger partial charge in [-0.15, -0.1) is 0 Å². The summed E-state index contributed by atoms with van der Waals surface area (Å²) in [7, 11) is 0. The van der Waals surface area contributed by atoms with Gasteiger partial charge in [0.2, 0.25) is 0 Å². The Kier molecular flexibility index (Phi) is 6.48. The van der Waals surface area contributed by atoms with Crippen molar-refractivity contribution in [3.63, 3.8) is 0 Å². The number of hydrogen-bond acceptors (Lipinski definition) is 2. The zero-order valence-corrected chi connectivity index (χ0v) is 12.2. The van der Waals surface area contributed by atoms with Gasteiger partial charge in [-0.2, -0.15) is 11.8 Å². The first-order valence-electron chi connectivity index (χ1n) is 5.14. The van der Waals surface area contributed by atoms with Gasteiger partial charge in [-0.05, 0) is 58.5 Å². The largest absolute Gasteiger partial charge is 0.493 e. The maximum absolute atomic E-state index is 5.62. The van der Waals surface area contributed by atoms with Crippen LogP contribution in [0.3, 0.4) is 0 Å². The lowest BCUT2D eigenvalue weighted by Gasteiger charge is -2.07. The lowest BCUT2D eigenvalue weighted by atomic mass is 10.3. The Morgan fingerprint density at radius 2 is 1.93 bits per heavy atom. The van der Waals surface area contributed by atoms with Crippen molar-refractivity contribution in [1.82, 2.24) is 0 Å². The first kappa shape index (κ1) is 13.2. The fourth-order valence-corrected chi connectivity index (χ4v) is 2.27. The number of thioether (sulfide) groups is 1. The molecule has 1 aromatic carbocycles. The van der Waals surface area contributed by atoms with E-state index >= 15 is 0 Å². The van der Waals surface area contributed by atoms with Gasteiger partial charge in [-0.25, -0.2) is 0 Å². The van der Waals surface area contributed by atoms with Gasteiger partial charge in [0.1, 0.15) is 5.75 Å². The fourth-order valence-electron chi connectivity index (χ4n) is 1.07. The Balaban J connectivity index is 2.12. The molecule has 0 saturated heterocycles. The smallest absolute Gasteiger partial charge is 0.119 e. The Morgan fingerprint density at radius 3 is 2.53 bits per heavy atom. The highest BCUT2D eigenvalue weighted by atomic mass is 127. The summed E-state index contributed by atoms with van der Waals surface area (Å²) in [6.45, 7) is 5.29. The van der Waals surface area contributed by atoms with Gasteiger partial charge in [-0.3, -0.25) is 0 Å². The minimum atomic E-state index is 0.772. The van der Waals surface area contributed by atoms with Gasteiger partial charge in [-0.1, -0.05) is 13.8 Å². The van der Waals surface area contributed by atoms with Crippen molar-refractivity contribution in [3.05, 3.63) is 27.8 Å². The van der Waals surface area contributed by atoms with Crippen LogP contribution in [0.4, 0.5) is 0 Å². The molecule has 0 N–H and O–H groups in total. The van der Waals surface area contributed by atoms with E-state index in [4.69, 9.17) is 4.74 Å². The van der Waals surface area contributed by atoms with Gasteiger partial charge in [0, 0.05) is 9.32 Å². The van der Waals surface area contributed by atoms with Crippen LogP contribution in [0.15, 0.2) is 24.3 Å². The van der Waals surface area contributed by atoms with Crippen LogP contribution in [0.25, 0.3) is 0 Å². The Labute approximate surface area is 110 Å². The quantitative estimate of drug-likeness (QED) is 0.572. The predicted molar refractivity (Wildman–Crippen MR) is 76.8 cm³/mol. The third-order valence-electron chi connectivity index (χ3n) is 1.76. The molecule has 0 fully saturated rings. The summed E-state index contributed by atoms with van der Waals surface area (Å²) >= 11 is 4.25. The SMILES string of the molecule is CC(C)CSCCOc1ccc(I)cc1. The number of hydrogen-bond donors (Lipinski definition) is 0. The van der Waals surface area contributed by atoms with Crippen LogP contribution in [0, 0.1) is 9.49 Å². The van der Waals surface area contributed by atoms with E-state index in [-0.39, 0.29) is 0 Å². The molecule has 0 unspecified atom stereocenters. The van der Waals surface area contributed by atoms with Gasteiger partial charge in [0.05, 0.1) is 6.61 Å². The number of ether oxygens (including phenoxy) is 1. The highest BCUT2D eigenvalue weighted by Crippen LogP contribution is 2.14. The standard InChI is InChI=1S/C12H17IOS/c1-10(2)9-15-8-7-14-12-5-3-11(13)4-6-12/h3-6,10H,7-9H2,1-2H3. The molecule has 0 aliphatic heterocycles. The van der Waals surface area contributed by atoms with Crippen LogP contribution in [-0.4, -0.2) is 18.1 Å². The Bertz CT molecular complexity index is 271. The summed E-state index contributed by atoms with van der Waals surface area (Å²) in [5.74, 6) is 4.04. The van der Waals surface area contributed by atoms with Crippen molar-refractivity contribution >= 4 is 34.4 Å². The minimum absolute atomic E-state index is 0.772. The summed E-state index contributed by atoms with van der Waals surface area (Å²) in [5, 5.41) is 0. The summed E-state index contributed by atoms with van der Waals surface area (Å²) < 4.78 is 6.86. The molecule has 0 amide bonds. The molecular weight excluding hydrogens is 319 g/mol. The van der Waals surface area contributed by atoms with Crippen molar-refractivity contribution in [1.29, 1.82) is 0 Å². The third kappa shape index (κ3) is 6.30. The average Bonchev–Trinajstić information content (AvgIpc) is 2.20. The zero-order chi connectivity index (χ0) is 11.1. The molecule has 3 heteroatoms. The molecule has 0 heterocycles. The molecule has 0 spiro atoms. The van der Waals surface area contributed by atoms with Crippen LogP contribution >= 0.6 is 34.4 Å². The molecular formula is C12H17IOS. The maximum atomic E-state index is 5.62. The Hall–Kier alpha value is 0.1000. The van der Waals surface area contributed by atoms with Crippen LogP contribution in [0.5, 0.6) is 5.75 Å². The maximum Gasteiger partial charge on any atom is 0.119 e. The van der Waals surface area contributed by atoms with E-state index in [0.29, 0.717) is 0 Å². The van der Waals surface area contributed by atoms with E-state index in [1.54, 1.807) is 0 Å². The fraction of sp³-hybridized carbons (Fsp3) is 0.500. The van der Waals surface area contributed by atoms with Crippen molar-refractivity contribution in [3.8, 4) is 5.75 Å². The van der Waals surface area contributed by atoms with Crippen molar-refractivity contribution in [2.75, 3.05) is 18.1 Å². The highest BCUT2D eigenvalue weighted by Gasteiger charge is 1.96. The Morgan fingerprint density at radius 1 is 1.27 bits per heavy atom. The second kappa shape index (κ2) is 7.39. The molecule has 0 aromatic heterocycles. The second-order valence-corrected chi connectivity index (χ2v) is 6.17. The molecule has 0 radical (unpaired) electrons. The van der Waals surface area contributed by atoms with E-state index in [0.717, 1.165) is 24.0 Å². The molecule has 1 nitrogen and oxygen atoms in total. The molecule has 0 atom stereocenters. The van der Waals surface area contributed by atoms with E-state index in [9.17, 15) is 0 Å². The van der Waals surface area contributed by atoms with Crippen LogP contribution < -0.4 is 4.74 Å². The summed E-state index contributed by atoms with van der Waals surface area (Å²) in [5.41, 5.74) is 0. The predicted octanol–water partition coefficient (Wildman–Crippen LogP) is 4.06. The molecule has 1 aromatic rings. The van der Waals surface area contributed by atoms with E-state index < -0.39 is 0 Å². The number of rotatable bonds is 6. The summed E-state index contributed by atoms with van der Waals surface area (Å²) in [4.78, 5) is 0. The topological polar surface area (TPSA) is 9.23 Å². The second-order valence-electron chi connectivity index (χ2n) is 3.77. The van der Waals surface area contributed by atoms with Crippen LogP contribution in [-0.2, 0) is 0 Å². The minimum Gasteiger partial charge on any atom is -0.493 e. The lowest BCUT2D eigenvalue weighted by Crippen LogP contribution is -2.02. The van der Waals surface area contributed by atoms with Gasteiger partial charge < -0.3 is 4.74 Å².